The molecule has 1 aromatic rings. The average Bonchev–Trinajstić information content (AvgIpc) is 2.19. The molecule has 0 aliphatic carbocycles. The summed E-state index contributed by atoms with van der Waals surface area (Å²) in [6.45, 7) is 1.91. The molecule has 0 aliphatic rings. The molecular formula is C11H13ClO3. The van der Waals surface area contributed by atoms with Gasteiger partial charge in [0.15, 0.2) is 0 Å². The van der Waals surface area contributed by atoms with Gasteiger partial charge in [0.25, 0.3) is 0 Å². The van der Waals surface area contributed by atoms with Crippen LogP contribution in [0.2, 0.25) is 5.02 Å². The van der Waals surface area contributed by atoms with E-state index in [1.54, 1.807) is 6.07 Å². The largest absolute Gasteiger partial charge is 0.495 e. The van der Waals surface area contributed by atoms with E-state index in [2.05, 4.69) is 0 Å². The van der Waals surface area contributed by atoms with Gasteiger partial charge in [-0.25, -0.2) is 0 Å². The second kappa shape index (κ2) is 5.03. The van der Waals surface area contributed by atoms with Crippen LogP contribution in [0.15, 0.2) is 12.1 Å². The molecule has 4 heteroatoms. The molecule has 1 aromatic carbocycles. The summed E-state index contributed by atoms with van der Waals surface area (Å²) in [5.41, 5.74) is 1.87. The standard InChI is InChI=1S/C11H13ClO3/c1-7-3-5-9(12)11(15-2)8(7)4-6-10(13)14/h3,5H,4,6H2,1-2H3,(H,13,14). The normalized spacial score (nSPS) is 10.1. The Labute approximate surface area is 93.6 Å². The monoisotopic (exact) mass is 228 g/mol. The molecule has 0 atom stereocenters. The number of halogens is 1. The first-order valence-corrected chi connectivity index (χ1v) is 4.97. The van der Waals surface area contributed by atoms with Crippen LogP contribution in [0.25, 0.3) is 0 Å². The van der Waals surface area contributed by atoms with Crippen molar-refractivity contribution in [1.29, 1.82) is 0 Å². The minimum absolute atomic E-state index is 0.0809. The molecule has 0 radical (unpaired) electrons. The maximum absolute atomic E-state index is 10.5. The Bertz CT molecular complexity index is 374. The lowest BCUT2D eigenvalue weighted by molar-refractivity contribution is -0.136. The second-order valence-corrected chi connectivity index (χ2v) is 3.68. The van der Waals surface area contributed by atoms with Gasteiger partial charge in [-0.15, -0.1) is 0 Å². The van der Waals surface area contributed by atoms with Crippen LogP contribution in [-0.2, 0) is 11.2 Å². The molecule has 0 aliphatic heterocycles. The highest BCUT2D eigenvalue weighted by Gasteiger charge is 2.11. The highest BCUT2D eigenvalue weighted by atomic mass is 35.5. The second-order valence-electron chi connectivity index (χ2n) is 3.27. The third kappa shape index (κ3) is 2.86. The molecule has 3 nitrogen and oxygen atoms in total. The number of aryl methyl sites for hydroxylation is 1. The Morgan fingerprint density at radius 2 is 2.20 bits per heavy atom. The zero-order valence-corrected chi connectivity index (χ0v) is 9.47. The Morgan fingerprint density at radius 1 is 1.53 bits per heavy atom. The number of methoxy groups -OCH3 is 1. The zero-order valence-electron chi connectivity index (χ0n) is 8.71. The first kappa shape index (κ1) is 11.9. The van der Waals surface area contributed by atoms with Crippen LogP contribution in [0.3, 0.4) is 0 Å². The van der Waals surface area contributed by atoms with Crippen LogP contribution in [0.5, 0.6) is 5.75 Å². The predicted octanol–water partition coefficient (Wildman–Crippen LogP) is 2.67. The summed E-state index contributed by atoms with van der Waals surface area (Å²) in [5, 5.41) is 9.14. The number of carboxylic acid groups (broad SMARTS) is 1. The van der Waals surface area contributed by atoms with Crippen LogP contribution in [-0.4, -0.2) is 18.2 Å². The van der Waals surface area contributed by atoms with Gasteiger partial charge >= 0.3 is 5.97 Å². The molecule has 0 saturated heterocycles. The number of benzene rings is 1. The van der Waals surface area contributed by atoms with Crippen molar-refractivity contribution in [2.75, 3.05) is 7.11 Å². The fraction of sp³-hybridized carbons (Fsp3) is 0.364. The zero-order chi connectivity index (χ0) is 11.4. The fourth-order valence-corrected chi connectivity index (χ4v) is 1.72. The molecule has 0 amide bonds. The van der Waals surface area contributed by atoms with Crippen molar-refractivity contribution in [2.45, 2.75) is 19.8 Å². The van der Waals surface area contributed by atoms with E-state index in [0.29, 0.717) is 17.2 Å². The van der Waals surface area contributed by atoms with Crippen molar-refractivity contribution < 1.29 is 14.6 Å². The Morgan fingerprint density at radius 3 is 2.73 bits per heavy atom. The first-order valence-electron chi connectivity index (χ1n) is 4.60. The summed E-state index contributed by atoms with van der Waals surface area (Å²) in [6, 6.07) is 3.61. The van der Waals surface area contributed by atoms with E-state index in [-0.39, 0.29) is 6.42 Å². The average molecular weight is 229 g/mol. The van der Waals surface area contributed by atoms with Gasteiger partial charge in [0.05, 0.1) is 12.1 Å². The number of aliphatic carboxylic acids is 1. The van der Waals surface area contributed by atoms with Gasteiger partial charge in [-0.05, 0) is 30.5 Å². The van der Waals surface area contributed by atoms with E-state index in [1.807, 2.05) is 13.0 Å². The molecular weight excluding hydrogens is 216 g/mol. The lowest BCUT2D eigenvalue weighted by atomic mass is 10.0. The van der Waals surface area contributed by atoms with Crippen molar-refractivity contribution >= 4 is 17.6 Å². The lowest BCUT2D eigenvalue weighted by Crippen LogP contribution is -2.01. The molecule has 0 unspecified atom stereocenters. The highest BCUT2D eigenvalue weighted by molar-refractivity contribution is 6.32. The molecule has 82 valence electrons. The molecule has 15 heavy (non-hydrogen) atoms. The smallest absolute Gasteiger partial charge is 0.303 e. The van der Waals surface area contributed by atoms with Gasteiger partial charge in [-0.3, -0.25) is 4.79 Å². The lowest BCUT2D eigenvalue weighted by Gasteiger charge is -2.12. The molecule has 0 bridgehead atoms. The third-order valence-electron chi connectivity index (χ3n) is 2.24. The summed E-state index contributed by atoms with van der Waals surface area (Å²) in [7, 11) is 1.53. The molecule has 0 aromatic heterocycles. The van der Waals surface area contributed by atoms with E-state index in [1.165, 1.54) is 7.11 Å². The van der Waals surface area contributed by atoms with Gasteiger partial charge < -0.3 is 9.84 Å². The number of rotatable bonds is 4. The van der Waals surface area contributed by atoms with Crippen LogP contribution in [0.1, 0.15) is 17.5 Å². The summed E-state index contributed by atoms with van der Waals surface area (Å²) < 4.78 is 5.16. The molecule has 1 N–H and O–H groups in total. The Hall–Kier alpha value is -1.22. The van der Waals surface area contributed by atoms with Crippen LogP contribution >= 0.6 is 11.6 Å². The number of hydrogen-bond donors (Lipinski definition) is 1. The summed E-state index contributed by atoms with van der Waals surface area (Å²) >= 11 is 5.94. The molecule has 0 heterocycles. The number of ether oxygens (including phenoxy) is 1. The number of carboxylic acids is 1. The number of hydrogen-bond acceptors (Lipinski definition) is 2. The first-order chi connectivity index (χ1) is 7.06. The van der Waals surface area contributed by atoms with Gasteiger partial charge in [-0.1, -0.05) is 17.7 Å². The van der Waals surface area contributed by atoms with Gasteiger partial charge in [0.2, 0.25) is 0 Å². The molecule has 0 fully saturated rings. The van der Waals surface area contributed by atoms with E-state index in [9.17, 15) is 4.79 Å². The quantitative estimate of drug-likeness (QED) is 0.862. The summed E-state index contributed by atoms with van der Waals surface area (Å²) in [5.74, 6) is -0.241. The van der Waals surface area contributed by atoms with E-state index in [4.69, 9.17) is 21.4 Å². The predicted molar refractivity (Wildman–Crippen MR) is 58.7 cm³/mol. The molecule has 1 rings (SSSR count). The van der Waals surface area contributed by atoms with E-state index in [0.717, 1.165) is 11.1 Å². The van der Waals surface area contributed by atoms with Gasteiger partial charge in [0.1, 0.15) is 5.75 Å². The number of carbonyl (C=O) groups is 1. The van der Waals surface area contributed by atoms with Crippen molar-refractivity contribution in [3.63, 3.8) is 0 Å². The molecule has 0 saturated carbocycles. The maximum Gasteiger partial charge on any atom is 0.303 e. The van der Waals surface area contributed by atoms with Gasteiger partial charge in [-0.2, -0.15) is 0 Å². The van der Waals surface area contributed by atoms with Crippen molar-refractivity contribution in [1.82, 2.24) is 0 Å². The summed E-state index contributed by atoms with van der Waals surface area (Å²) in [6.07, 6.45) is 0.516. The van der Waals surface area contributed by atoms with Crippen molar-refractivity contribution in [3.05, 3.63) is 28.3 Å². The van der Waals surface area contributed by atoms with Crippen LogP contribution < -0.4 is 4.74 Å². The Balaban J connectivity index is 3.02. The Kier molecular flexibility index (Phi) is 3.97. The third-order valence-corrected chi connectivity index (χ3v) is 2.54. The van der Waals surface area contributed by atoms with E-state index < -0.39 is 5.97 Å². The minimum atomic E-state index is -0.823. The van der Waals surface area contributed by atoms with Crippen LogP contribution in [0.4, 0.5) is 0 Å². The maximum atomic E-state index is 10.5. The van der Waals surface area contributed by atoms with E-state index >= 15 is 0 Å². The minimum Gasteiger partial charge on any atom is -0.495 e. The molecule has 0 spiro atoms. The highest BCUT2D eigenvalue weighted by Crippen LogP contribution is 2.31. The van der Waals surface area contributed by atoms with Crippen molar-refractivity contribution in [2.24, 2.45) is 0 Å². The fourth-order valence-electron chi connectivity index (χ4n) is 1.46. The summed E-state index contributed by atoms with van der Waals surface area (Å²) in [4.78, 5) is 10.5. The van der Waals surface area contributed by atoms with Crippen molar-refractivity contribution in [3.8, 4) is 5.75 Å². The topological polar surface area (TPSA) is 46.5 Å². The van der Waals surface area contributed by atoms with Crippen LogP contribution in [0, 0.1) is 6.92 Å². The SMILES string of the molecule is COc1c(Cl)ccc(C)c1CCC(=O)O. The van der Waals surface area contributed by atoms with Gasteiger partial charge in [0, 0.05) is 6.42 Å².